The molecule has 2 N–H and O–H groups in total. The van der Waals surface area contributed by atoms with Gasteiger partial charge in [-0.1, -0.05) is 0 Å². The van der Waals surface area contributed by atoms with Gasteiger partial charge in [-0.2, -0.15) is 0 Å². The summed E-state index contributed by atoms with van der Waals surface area (Å²) in [6.07, 6.45) is 4.90. The standard InChI is InChI=1S/C13H13N3O2/c1-8-6-10(9-2-5-14-7-9)16-11(15-8)13(3-4-13)12(17)18/h2,5-7,14H,3-4H2,1H3,(H,17,18). The van der Waals surface area contributed by atoms with Gasteiger partial charge in [-0.05, 0) is 31.9 Å². The van der Waals surface area contributed by atoms with Gasteiger partial charge in [0, 0.05) is 23.7 Å². The van der Waals surface area contributed by atoms with Crippen molar-refractivity contribution in [2.45, 2.75) is 25.2 Å². The lowest BCUT2D eigenvalue weighted by atomic mass is 10.1. The molecule has 0 aromatic carbocycles. The van der Waals surface area contributed by atoms with Gasteiger partial charge >= 0.3 is 5.97 Å². The minimum Gasteiger partial charge on any atom is -0.480 e. The highest BCUT2D eigenvalue weighted by molar-refractivity contribution is 5.83. The minimum atomic E-state index is -0.850. The molecule has 0 bridgehead atoms. The maximum atomic E-state index is 11.3. The molecule has 5 heteroatoms. The van der Waals surface area contributed by atoms with Crippen LogP contribution in [0.4, 0.5) is 0 Å². The molecule has 1 aliphatic carbocycles. The summed E-state index contributed by atoms with van der Waals surface area (Å²) in [6, 6.07) is 3.77. The van der Waals surface area contributed by atoms with E-state index in [-0.39, 0.29) is 0 Å². The highest BCUT2D eigenvalue weighted by atomic mass is 16.4. The predicted molar refractivity (Wildman–Crippen MR) is 65.1 cm³/mol. The van der Waals surface area contributed by atoms with Crippen LogP contribution in [0.2, 0.25) is 0 Å². The quantitative estimate of drug-likeness (QED) is 0.862. The lowest BCUT2D eigenvalue weighted by molar-refractivity contribution is -0.140. The van der Waals surface area contributed by atoms with Crippen molar-refractivity contribution in [1.82, 2.24) is 15.0 Å². The summed E-state index contributed by atoms with van der Waals surface area (Å²) in [5.74, 6) is -0.390. The third kappa shape index (κ3) is 1.59. The zero-order valence-corrected chi connectivity index (χ0v) is 9.97. The Kier molecular flexibility index (Phi) is 2.23. The number of nitrogens with zero attached hydrogens (tertiary/aromatic N) is 2. The van der Waals surface area contributed by atoms with Crippen LogP contribution in [-0.4, -0.2) is 26.0 Å². The van der Waals surface area contributed by atoms with E-state index in [4.69, 9.17) is 0 Å². The molecule has 1 fully saturated rings. The van der Waals surface area contributed by atoms with Gasteiger partial charge in [-0.3, -0.25) is 4.79 Å². The van der Waals surface area contributed by atoms with E-state index in [0.717, 1.165) is 17.0 Å². The van der Waals surface area contributed by atoms with E-state index >= 15 is 0 Å². The summed E-state index contributed by atoms with van der Waals surface area (Å²) in [5.41, 5.74) is 1.66. The van der Waals surface area contributed by atoms with Crippen molar-refractivity contribution < 1.29 is 9.90 Å². The Morgan fingerprint density at radius 2 is 2.22 bits per heavy atom. The van der Waals surface area contributed by atoms with Crippen LogP contribution in [0.5, 0.6) is 0 Å². The molecule has 0 amide bonds. The van der Waals surface area contributed by atoms with Crippen molar-refractivity contribution in [3.05, 3.63) is 36.0 Å². The minimum absolute atomic E-state index is 0.436. The van der Waals surface area contributed by atoms with E-state index in [0.29, 0.717) is 18.7 Å². The molecule has 18 heavy (non-hydrogen) atoms. The van der Waals surface area contributed by atoms with E-state index in [1.165, 1.54) is 0 Å². The van der Waals surface area contributed by atoms with E-state index in [9.17, 15) is 9.90 Å². The highest BCUT2D eigenvalue weighted by Gasteiger charge is 2.54. The smallest absolute Gasteiger partial charge is 0.317 e. The normalized spacial score (nSPS) is 16.5. The summed E-state index contributed by atoms with van der Waals surface area (Å²) in [4.78, 5) is 23.0. The number of nitrogens with one attached hydrogen (secondary N) is 1. The van der Waals surface area contributed by atoms with E-state index < -0.39 is 11.4 Å². The summed E-state index contributed by atoms with van der Waals surface area (Å²) in [7, 11) is 0. The molecule has 2 heterocycles. The van der Waals surface area contributed by atoms with Gasteiger partial charge in [0.2, 0.25) is 0 Å². The van der Waals surface area contributed by atoms with Crippen LogP contribution in [0, 0.1) is 6.92 Å². The Hall–Kier alpha value is -2.17. The molecular weight excluding hydrogens is 230 g/mol. The van der Waals surface area contributed by atoms with E-state index in [1.807, 2.05) is 31.5 Å². The molecule has 0 aliphatic heterocycles. The second kappa shape index (κ2) is 3.66. The van der Waals surface area contributed by atoms with Crippen LogP contribution in [0.25, 0.3) is 11.3 Å². The zero-order chi connectivity index (χ0) is 12.8. The Labute approximate surface area is 104 Å². The van der Waals surface area contributed by atoms with Gasteiger partial charge in [0.25, 0.3) is 0 Å². The Balaban J connectivity index is 2.10. The monoisotopic (exact) mass is 243 g/mol. The van der Waals surface area contributed by atoms with Crippen LogP contribution < -0.4 is 0 Å². The van der Waals surface area contributed by atoms with Crippen molar-refractivity contribution in [2.75, 3.05) is 0 Å². The van der Waals surface area contributed by atoms with Crippen molar-refractivity contribution in [3.63, 3.8) is 0 Å². The lowest BCUT2D eigenvalue weighted by Gasteiger charge is -2.10. The number of H-pyrrole nitrogens is 1. The maximum Gasteiger partial charge on any atom is 0.317 e. The molecule has 0 spiro atoms. The topological polar surface area (TPSA) is 78.9 Å². The molecule has 1 saturated carbocycles. The molecule has 0 saturated heterocycles. The molecular formula is C13H13N3O2. The van der Waals surface area contributed by atoms with Crippen LogP contribution >= 0.6 is 0 Å². The van der Waals surface area contributed by atoms with Crippen molar-refractivity contribution in [2.24, 2.45) is 0 Å². The average molecular weight is 243 g/mol. The molecule has 2 aromatic heterocycles. The molecule has 3 rings (SSSR count). The molecule has 2 aromatic rings. The molecule has 0 unspecified atom stereocenters. The van der Waals surface area contributed by atoms with Crippen LogP contribution in [0.15, 0.2) is 24.5 Å². The van der Waals surface area contributed by atoms with Gasteiger partial charge in [-0.15, -0.1) is 0 Å². The fourth-order valence-electron chi connectivity index (χ4n) is 2.07. The van der Waals surface area contributed by atoms with Gasteiger partial charge in [0.05, 0.1) is 5.69 Å². The fourth-order valence-corrected chi connectivity index (χ4v) is 2.07. The summed E-state index contributed by atoms with van der Waals surface area (Å²) < 4.78 is 0. The second-order valence-electron chi connectivity index (χ2n) is 4.71. The Morgan fingerprint density at radius 3 is 2.78 bits per heavy atom. The number of aromatic nitrogens is 3. The third-order valence-electron chi connectivity index (χ3n) is 3.34. The number of hydrogen-bond donors (Lipinski definition) is 2. The average Bonchev–Trinajstić information content (AvgIpc) is 2.97. The number of aryl methyl sites for hydroxylation is 1. The van der Waals surface area contributed by atoms with E-state index in [2.05, 4.69) is 15.0 Å². The van der Waals surface area contributed by atoms with Gasteiger partial charge in [0.15, 0.2) is 0 Å². The number of rotatable bonds is 3. The van der Waals surface area contributed by atoms with Crippen LogP contribution in [0.1, 0.15) is 24.4 Å². The van der Waals surface area contributed by atoms with Gasteiger partial charge in [-0.25, -0.2) is 9.97 Å². The largest absolute Gasteiger partial charge is 0.480 e. The Bertz CT molecular complexity index is 601. The SMILES string of the molecule is Cc1cc(-c2cc[nH]c2)nc(C2(C(=O)O)CC2)n1. The zero-order valence-electron chi connectivity index (χ0n) is 9.97. The molecule has 92 valence electrons. The maximum absolute atomic E-state index is 11.3. The summed E-state index contributed by atoms with van der Waals surface area (Å²) >= 11 is 0. The second-order valence-corrected chi connectivity index (χ2v) is 4.71. The molecule has 0 radical (unpaired) electrons. The molecule has 1 aliphatic rings. The number of aromatic amines is 1. The lowest BCUT2D eigenvalue weighted by Crippen LogP contribution is -2.23. The first kappa shape index (κ1) is 11.0. The van der Waals surface area contributed by atoms with Gasteiger partial charge < -0.3 is 10.1 Å². The summed E-state index contributed by atoms with van der Waals surface area (Å²) in [6.45, 7) is 1.86. The first-order valence-electron chi connectivity index (χ1n) is 5.84. The van der Waals surface area contributed by atoms with Crippen LogP contribution in [-0.2, 0) is 10.2 Å². The number of carboxylic acid groups (broad SMARTS) is 1. The van der Waals surface area contributed by atoms with Crippen molar-refractivity contribution in [3.8, 4) is 11.3 Å². The van der Waals surface area contributed by atoms with Gasteiger partial charge in [0.1, 0.15) is 11.2 Å². The van der Waals surface area contributed by atoms with E-state index in [1.54, 1.807) is 0 Å². The molecule has 0 atom stereocenters. The fraction of sp³-hybridized carbons (Fsp3) is 0.308. The Morgan fingerprint density at radius 1 is 1.44 bits per heavy atom. The van der Waals surface area contributed by atoms with Crippen LogP contribution in [0.3, 0.4) is 0 Å². The first-order chi connectivity index (χ1) is 8.62. The third-order valence-corrected chi connectivity index (χ3v) is 3.34. The van der Waals surface area contributed by atoms with Crippen molar-refractivity contribution in [1.29, 1.82) is 0 Å². The number of hydrogen-bond acceptors (Lipinski definition) is 3. The predicted octanol–water partition coefficient (Wildman–Crippen LogP) is 1.90. The highest BCUT2D eigenvalue weighted by Crippen LogP contribution is 2.47. The number of carbonyl (C=O) groups is 1. The first-order valence-corrected chi connectivity index (χ1v) is 5.84. The summed E-state index contributed by atoms with van der Waals surface area (Å²) in [5, 5.41) is 9.28. The molecule has 5 nitrogen and oxygen atoms in total. The number of carboxylic acids is 1. The number of aliphatic carboxylic acids is 1. The van der Waals surface area contributed by atoms with Crippen molar-refractivity contribution >= 4 is 5.97 Å².